The molecule has 0 atom stereocenters. The van der Waals surface area contributed by atoms with Crippen LogP contribution in [0.2, 0.25) is 0 Å². The molecule has 43 heavy (non-hydrogen) atoms. The first-order chi connectivity index (χ1) is 20.9. The summed E-state index contributed by atoms with van der Waals surface area (Å²) >= 11 is 4.67. The average Bonchev–Trinajstić information content (AvgIpc) is 3.69. The van der Waals surface area contributed by atoms with Crippen LogP contribution in [0, 0.1) is 5.82 Å². The number of anilines is 2. The van der Waals surface area contributed by atoms with Crippen LogP contribution in [0.3, 0.4) is 0 Å². The summed E-state index contributed by atoms with van der Waals surface area (Å²) in [4.78, 5) is 40.9. The highest BCUT2D eigenvalue weighted by Crippen LogP contribution is 2.40. The molecule has 0 spiro atoms. The number of carbonyl (C=O) groups excluding carboxylic acids is 2. The maximum Gasteiger partial charge on any atom is 0.303 e. The number of amides is 1. The van der Waals surface area contributed by atoms with E-state index in [0.29, 0.717) is 35.5 Å². The Kier molecular flexibility index (Phi) is 8.82. The van der Waals surface area contributed by atoms with Crippen LogP contribution in [-0.2, 0) is 14.3 Å². The van der Waals surface area contributed by atoms with Crippen LogP contribution in [0.25, 0.3) is 10.2 Å². The van der Waals surface area contributed by atoms with E-state index in [0.717, 1.165) is 38.5 Å². The number of ether oxygens (including phenoxy) is 2. The average molecular weight is 636 g/mol. The van der Waals surface area contributed by atoms with Crippen molar-refractivity contribution in [1.29, 1.82) is 0 Å². The van der Waals surface area contributed by atoms with Crippen LogP contribution in [0.4, 0.5) is 15.3 Å². The molecule has 5 heterocycles. The molecule has 1 aliphatic heterocycles. The van der Waals surface area contributed by atoms with E-state index in [9.17, 15) is 14.0 Å². The van der Waals surface area contributed by atoms with Crippen molar-refractivity contribution in [2.75, 3.05) is 25.0 Å². The second-order valence-electron chi connectivity index (χ2n) is 9.76. The van der Waals surface area contributed by atoms with Gasteiger partial charge in [-0.25, -0.2) is 14.4 Å². The lowest BCUT2D eigenvalue weighted by Crippen LogP contribution is -2.40. The van der Waals surface area contributed by atoms with E-state index in [-0.39, 0.29) is 24.2 Å². The molecule has 1 aliphatic rings. The Balaban J connectivity index is 1.17. The van der Waals surface area contributed by atoms with Crippen LogP contribution in [0.5, 0.6) is 11.5 Å². The molecule has 9 nitrogen and oxygen atoms in total. The van der Waals surface area contributed by atoms with E-state index < -0.39 is 5.97 Å². The molecular formula is C30H26FN5O4S3. The van der Waals surface area contributed by atoms with Gasteiger partial charge in [0.2, 0.25) is 0 Å². The van der Waals surface area contributed by atoms with E-state index >= 15 is 0 Å². The minimum atomic E-state index is -0.464. The zero-order chi connectivity index (χ0) is 29.8. The normalized spacial score (nSPS) is 13.7. The summed E-state index contributed by atoms with van der Waals surface area (Å²) in [6.45, 7) is 2.23. The number of thiophene rings is 1. The number of hydrogen-bond acceptors (Lipinski definition) is 11. The van der Waals surface area contributed by atoms with Gasteiger partial charge in [-0.15, -0.1) is 22.7 Å². The molecule has 1 saturated heterocycles. The number of aromatic nitrogens is 3. The first kappa shape index (κ1) is 29.0. The van der Waals surface area contributed by atoms with Gasteiger partial charge in [-0.1, -0.05) is 11.8 Å². The summed E-state index contributed by atoms with van der Waals surface area (Å²) in [6, 6.07) is 11.7. The molecule has 6 rings (SSSR count). The van der Waals surface area contributed by atoms with Crippen molar-refractivity contribution in [2.24, 2.45) is 0 Å². The van der Waals surface area contributed by atoms with Crippen molar-refractivity contribution >= 4 is 67.5 Å². The number of carbonyl (C=O) groups is 2. The Labute approximate surface area is 259 Å². The minimum absolute atomic E-state index is 0.181. The van der Waals surface area contributed by atoms with Crippen molar-refractivity contribution in [1.82, 2.24) is 19.9 Å². The quantitative estimate of drug-likeness (QED) is 0.168. The predicted molar refractivity (Wildman–Crippen MR) is 165 cm³/mol. The zero-order valence-electron chi connectivity index (χ0n) is 23.0. The fourth-order valence-corrected chi connectivity index (χ4v) is 7.32. The molecule has 0 bridgehead atoms. The van der Waals surface area contributed by atoms with Crippen LogP contribution in [0.1, 0.15) is 31.4 Å². The molecule has 13 heteroatoms. The van der Waals surface area contributed by atoms with E-state index in [2.05, 4.69) is 15.3 Å². The van der Waals surface area contributed by atoms with Gasteiger partial charge in [0.05, 0.1) is 15.9 Å². The van der Waals surface area contributed by atoms with Gasteiger partial charge in [-0.3, -0.25) is 14.6 Å². The van der Waals surface area contributed by atoms with Crippen LogP contribution in [0.15, 0.2) is 75.4 Å². The van der Waals surface area contributed by atoms with Gasteiger partial charge in [-0.05, 0) is 54.6 Å². The van der Waals surface area contributed by atoms with Gasteiger partial charge < -0.3 is 19.7 Å². The Hall–Kier alpha value is -4.07. The number of halogens is 1. The number of hydrogen-bond donors (Lipinski definition) is 1. The molecule has 0 saturated carbocycles. The lowest BCUT2D eigenvalue weighted by atomic mass is 9.94. The Morgan fingerprint density at radius 1 is 1.12 bits per heavy atom. The van der Waals surface area contributed by atoms with Crippen molar-refractivity contribution in [3.63, 3.8) is 0 Å². The second kappa shape index (κ2) is 13.1. The molecular weight excluding hydrogens is 610 g/mol. The largest absolute Gasteiger partial charge is 0.456 e. The van der Waals surface area contributed by atoms with Gasteiger partial charge in [0, 0.05) is 59.6 Å². The predicted octanol–water partition coefficient (Wildman–Crippen LogP) is 7.24. The molecule has 1 N–H and O–H groups in total. The van der Waals surface area contributed by atoms with E-state index in [1.165, 1.54) is 30.4 Å². The van der Waals surface area contributed by atoms with Crippen LogP contribution in [-0.4, -0.2) is 51.4 Å². The summed E-state index contributed by atoms with van der Waals surface area (Å²) in [5, 5.41) is 8.00. The third-order valence-corrected chi connectivity index (χ3v) is 9.68. The van der Waals surface area contributed by atoms with Gasteiger partial charge in [0.1, 0.15) is 11.6 Å². The first-order valence-electron chi connectivity index (χ1n) is 13.5. The first-order valence-corrected chi connectivity index (χ1v) is 16.1. The zero-order valence-corrected chi connectivity index (χ0v) is 25.4. The number of thiazole rings is 1. The highest BCUT2D eigenvalue weighted by atomic mass is 32.2. The smallest absolute Gasteiger partial charge is 0.303 e. The molecule has 1 amide bonds. The summed E-state index contributed by atoms with van der Waals surface area (Å²) in [5.41, 5.74) is 1.90. The molecule has 0 radical (unpaired) electrons. The topological polar surface area (TPSA) is 107 Å². The minimum Gasteiger partial charge on any atom is -0.456 e. The summed E-state index contributed by atoms with van der Waals surface area (Å²) < 4.78 is 25.7. The fourth-order valence-electron chi connectivity index (χ4n) is 4.65. The maximum atomic E-state index is 13.5. The Morgan fingerprint density at radius 3 is 2.72 bits per heavy atom. The molecule has 1 fully saturated rings. The van der Waals surface area contributed by atoms with Crippen LogP contribution < -0.4 is 10.1 Å². The summed E-state index contributed by atoms with van der Waals surface area (Å²) in [6.07, 6.45) is 5.11. The van der Waals surface area contributed by atoms with E-state index in [1.54, 1.807) is 52.5 Å². The van der Waals surface area contributed by atoms with E-state index in [4.69, 9.17) is 14.5 Å². The maximum absolute atomic E-state index is 13.5. The number of piperidine rings is 1. The van der Waals surface area contributed by atoms with Crippen molar-refractivity contribution in [2.45, 2.75) is 35.5 Å². The number of nitrogens with zero attached hydrogens (tertiary/aromatic N) is 4. The summed E-state index contributed by atoms with van der Waals surface area (Å²) in [7, 11) is 0. The Morgan fingerprint density at radius 2 is 1.93 bits per heavy atom. The van der Waals surface area contributed by atoms with Gasteiger partial charge >= 0.3 is 5.97 Å². The van der Waals surface area contributed by atoms with Crippen LogP contribution >= 0.6 is 34.4 Å². The standard InChI is InChI=1S/C30H26FN5O4S3/c1-18(37)39-16-27(38)36-11-7-19(8-12-36)24-17-42-30(34-24)35-29-25(40-21-4-2-20(31)3-5-21)14-22(15-33-29)43-26-6-10-32-23-9-13-41-28(23)26/h2-6,9-10,13-15,17,19H,7-8,11-12,16H2,1H3,(H,33,34,35). The lowest BCUT2D eigenvalue weighted by molar-refractivity contribution is -0.150. The number of rotatable bonds is 9. The van der Waals surface area contributed by atoms with Crippen molar-refractivity contribution in [3.8, 4) is 11.5 Å². The monoisotopic (exact) mass is 635 g/mol. The molecule has 0 unspecified atom stereocenters. The molecule has 0 aliphatic carbocycles. The van der Waals surface area contributed by atoms with Gasteiger partial charge in [0.25, 0.3) is 5.91 Å². The number of fused-ring (bicyclic) bond motifs is 1. The Bertz CT molecular complexity index is 1750. The highest BCUT2D eigenvalue weighted by Gasteiger charge is 2.26. The van der Waals surface area contributed by atoms with Gasteiger partial charge in [0.15, 0.2) is 23.3 Å². The molecule has 1 aromatic carbocycles. The third-order valence-electron chi connectivity index (χ3n) is 6.82. The number of nitrogens with one attached hydrogen (secondary N) is 1. The lowest BCUT2D eigenvalue weighted by Gasteiger charge is -2.31. The van der Waals surface area contributed by atoms with Gasteiger partial charge in [-0.2, -0.15) is 0 Å². The molecule has 4 aromatic heterocycles. The fraction of sp³-hybridized carbons (Fsp3) is 0.233. The SMILES string of the molecule is CC(=O)OCC(=O)N1CCC(c2csc(Nc3ncc(Sc4ccnc5ccsc45)cc3Oc3ccc(F)cc3)n2)CC1. The second-order valence-corrected chi connectivity index (χ2v) is 12.6. The summed E-state index contributed by atoms with van der Waals surface area (Å²) in [5.74, 6) is 0.655. The third kappa shape index (κ3) is 7.12. The molecule has 5 aromatic rings. The molecule has 220 valence electrons. The number of esters is 1. The number of likely N-dealkylation sites (tertiary alicyclic amines) is 1. The number of benzene rings is 1. The van der Waals surface area contributed by atoms with Crippen molar-refractivity contribution < 1.29 is 23.5 Å². The number of pyridine rings is 2. The van der Waals surface area contributed by atoms with Crippen molar-refractivity contribution in [3.05, 3.63) is 77.1 Å². The van der Waals surface area contributed by atoms with E-state index in [1.807, 2.05) is 29.0 Å². The highest BCUT2D eigenvalue weighted by molar-refractivity contribution is 7.99.